The van der Waals surface area contributed by atoms with Crippen molar-refractivity contribution < 1.29 is 14.0 Å². The van der Waals surface area contributed by atoms with Gasteiger partial charge in [0.2, 0.25) is 5.91 Å². The number of hydrogen-bond acceptors (Lipinski definition) is 4. The smallest absolute Gasteiger partial charge is 0.251 e. The number of carbonyl (C=O) groups excluding carboxylic acids is 2. The van der Waals surface area contributed by atoms with Gasteiger partial charge >= 0.3 is 0 Å². The van der Waals surface area contributed by atoms with E-state index in [-0.39, 0.29) is 17.0 Å². The fraction of sp³-hybridized carbons (Fsp3) is 0.200. The van der Waals surface area contributed by atoms with E-state index in [1.54, 1.807) is 11.9 Å². The van der Waals surface area contributed by atoms with Crippen LogP contribution in [-0.2, 0) is 11.2 Å². The van der Waals surface area contributed by atoms with E-state index in [4.69, 9.17) is 0 Å². The predicted octanol–water partition coefficient (Wildman–Crippen LogP) is 6.35. The molecule has 5 nitrogen and oxygen atoms in total. The SMILES string of the molecule is CC(C)(C)NSc1cccc2c(NC(=O)[C@H](Cc3ccccc3)NC(=O)c3ccc(F)cc3)cccc12. The number of benzene rings is 4. The Bertz CT molecular complexity index is 1390. The Morgan fingerprint density at radius 2 is 1.51 bits per heavy atom. The van der Waals surface area contributed by atoms with Crippen molar-refractivity contribution in [1.82, 2.24) is 10.0 Å². The lowest BCUT2D eigenvalue weighted by molar-refractivity contribution is -0.118. The van der Waals surface area contributed by atoms with Crippen LogP contribution in [0.15, 0.2) is 95.9 Å². The summed E-state index contributed by atoms with van der Waals surface area (Å²) in [6.07, 6.45) is 0.307. The molecule has 4 aromatic rings. The average molecular weight is 516 g/mol. The van der Waals surface area contributed by atoms with E-state index in [0.29, 0.717) is 12.1 Å². The van der Waals surface area contributed by atoms with E-state index in [2.05, 4.69) is 36.1 Å². The lowest BCUT2D eigenvalue weighted by Crippen LogP contribution is -2.45. The standard InChI is InChI=1S/C30H30FN3O2S/c1-30(2,3)34-37-27-14-8-11-23-24(27)12-7-13-25(23)32-29(36)26(19-20-9-5-4-6-10-20)33-28(35)21-15-17-22(31)18-16-21/h4-18,26,34H,19H2,1-3H3,(H,32,36)(H,33,35)/t26-/m0/s1. The van der Waals surface area contributed by atoms with Gasteiger partial charge in [-0.05, 0) is 80.1 Å². The maximum absolute atomic E-state index is 13.5. The molecular formula is C30H30FN3O2S. The van der Waals surface area contributed by atoms with Crippen LogP contribution < -0.4 is 15.4 Å². The Hall–Kier alpha value is -3.68. The largest absolute Gasteiger partial charge is 0.340 e. The maximum atomic E-state index is 13.5. The van der Waals surface area contributed by atoms with Gasteiger partial charge in [-0.3, -0.25) is 14.3 Å². The van der Waals surface area contributed by atoms with Crippen LogP contribution in [0.5, 0.6) is 0 Å². The molecule has 0 aliphatic heterocycles. The summed E-state index contributed by atoms with van der Waals surface area (Å²) in [6, 6.07) is 25.7. The molecule has 0 unspecified atom stereocenters. The molecule has 0 aliphatic carbocycles. The van der Waals surface area contributed by atoms with Crippen LogP contribution in [0.3, 0.4) is 0 Å². The first-order chi connectivity index (χ1) is 17.7. The number of fused-ring (bicyclic) bond motifs is 1. The number of halogens is 1. The topological polar surface area (TPSA) is 70.2 Å². The molecule has 0 saturated heterocycles. The Balaban J connectivity index is 1.59. The van der Waals surface area contributed by atoms with Gasteiger partial charge in [-0.25, -0.2) is 4.39 Å². The molecule has 0 spiro atoms. The second kappa shape index (κ2) is 11.6. The summed E-state index contributed by atoms with van der Waals surface area (Å²) in [7, 11) is 0. The molecule has 0 bridgehead atoms. The molecule has 37 heavy (non-hydrogen) atoms. The first kappa shape index (κ1) is 26.4. The third-order valence-electron chi connectivity index (χ3n) is 5.62. The molecule has 0 fully saturated rings. The van der Waals surface area contributed by atoms with Crippen LogP contribution in [0.25, 0.3) is 10.8 Å². The molecule has 3 N–H and O–H groups in total. The zero-order valence-corrected chi connectivity index (χ0v) is 21.9. The fourth-order valence-electron chi connectivity index (χ4n) is 3.81. The van der Waals surface area contributed by atoms with Gasteiger partial charge in [0.1, 0.15) is 11.9 Å². The van der Waals surface area contributed by atoms with E-state index >= 15 is 0 Å². The summed E-state index contributed by atoms with van der Waals surface area (Å²) in [4.78, 5) is 27.5. The molecule has 4 rings (SSSR count). The van der Waals surface area contributed by atoms with E-state index < -0.39 is 17.8 Å². The minimum Gasteiger partial charge on any atom is -0.340 e. The third kappa shape index (κ3) is 7.18. The molecule has 190 valence electrons. The molecule has 0 saturated carbocycles. The molecule has 1 atom stereocenters. The Morgan fingerprint density at radius 1 is 0.838 bits per heavy atom. The first-order valence-electron chi connectivity index (χ1n) is 12.1. The third-order valence-corrected chi connectivity index (χ3v) is 6.91. The average Bonchev–Trinajstić information content (AvgIpc) is 2.87. The van der Waals surface area contributed by atoms with Crippen LogP contribution in [0.4, 0.5) is 10.1 Å². The number of nitrogens with one attached hydrogen (secondary N) is 3. The summed E-state index contributed by atoms with van der Waals surface area (Å²) in [5.74, 6) is -1.21. The van der Waals surface area contributed by atoms with E-state index in [9.17, 15) is 14.0 Å². The van der Waals surface area contributed by atoms with Gasteiger partial charge in [-0.1, -0.05) is 54.6 Å². The number of rotatable bonds is 8. The van der Waals surface area contributed by atoms with Gasteiger partial charge in [0.15, 0.2) is 0 Å². The monoisotopic (exact) mass is 515 g/mol. The van der Waals surface area contributed by atoms with Gasteiger partial charge in [0, 0.05) is 33.5 Å². The molecule has 0 aliphatic rings. The zero-order valence-electron chi connectivity index (χ0n) is 21.0. The quantitative estimate of drug-likeness (QED) is 0.239. The Morgan fingerprint density at radius 3 is 2.22 bits per heavy atom. The molecule has 2 amide bonds. The first-order valence-corrected chi connectivity index (χ1v) is 12.9. The van der Waals surface area contributed by atoms with Crippen molar-refractivity contribution >= 4 is 40.2 Å². The van der Waals surface area contributed by atoms with Crippen LogP contribution in [0.1, 0.15) is 36.7 Å². The minimum absolute atomic E-state index is 0.0634. The van der Waals surface area contributed by atoms with Crippen molar-refractivity contribution in [2.75, 3.05) is 5.32 Å². The van der Waals surface area contributed by atoms with Crippen molar-refractivity contribution in [3.63, 3.8) is 0 Å². The van der Waals surface area contributed by atoms with E-state index in [0.717, 1.165) is 21.2 Å². The van der Waals surface area contributed by atoms with Gasteiger partial charge in [-0.2, -0.15) is 0 Å². The van der Waals surface area contributed by atoms with Crippen molar-refractivity contribution in [2.45, 2.75) is 43.7 Å². The maximum Gasteiger partial charge on any atom is 0.251 e. The predicted molar refractivity (Wildman–Crippen MR) is 149 cm³/mol. The highest BCUT2D eigenvalue weighted by molar-refractivity contribution is 7.97. The van der Waals surface area contributed by atoms with Crippen LogP contribution in [0, 0.1) is 5.82 Å². The van der Waals surface area contributed by atoms with Gasteiger partial charge < -0.3 is 10.6 Å². The summed E-state index contributed by atoms with van der Waals surface area (Å²) >= 11 is 1.55. The lowest BCUT2D eigenvalue weighted by Gasteiger charge is -2.21. The number of carbonyl (C=O) groups is 2. The van der Waals surface area contributed by atoms with E-state index in [1.165, 1.54) is 24.3 Å². The summed E-state index contributed by atoms with van der Waals surface area (Å²) in [5.41, 5.74) is 1.79. The molecule has 0 radical (unpaired) electrons. The van der Waals surface area contributed by atoms with Gasteiger partial charge in [0.05, 0.1) is 0 Å². The molecule has 4 aromatic carbocycles. The van der Waals surface area contributed by atoms with Crippen molar-refractivity contribution in [3.8, 4) is 0 Å². The summed E-state index contributed by atoms with van der Waals surface area (Å²) in [5, 5.41) is 7.77. The zero-order chi connectivity index (χ0) is 26.4. The molecular weight excluding hydrogens is 485 g/mol. The van der Waals surface area contributed by atoms with E-state index in [1.807, 2.05) is 66.7 Å². The molecule has 7 heteroatoms. The normalized spacial score (nSPS) is 12.2. The minimum atomic E-state index is -0.838. The van der Waals surface area contributed by atoms with Crippen molar-refractivity contribution in [1.29, 1.82) is 0 Å². The highest BCUT2D eigenvalue weighted by Crippen LogP contribution is 2.32. The number of anilines is 1. The van der Waals surface area contributed by atoms with Crippen LogP contribution in [0.2, 0.25) is 0 Å². The highest BCUT2D eigenvalue weighted by Gasteiger charge is 2.23. The fourth-order valence-corrected chi connectivity index (χ4v) is 4.66. The summed E-state index contributed by atoms with van der Waals surface area (Å²) in [6.45, 7) is 6.30. The van der Waals surface area contributed by atoms with Crippen LogP contribution >= 0.6 is 11.9 Å². The second-order valence-electron chi connectivity index (χ2n) is 9.82. The Kier molecular flexibility index (Phi) is 8.26. The van der Waals surface area contributed by atoms with Gasteiger partial charge in [0.25, 0.3) is 5.91 Å². The Labute approximate surface area is 221 Å². The number of amides is 2. The van der Waals surface area contributed by atoms with Crippen LogP contribution in [-0.4, -0.2) is 23.4 Å². The van der Waals surface area contributed by atoms with Crippen molar-refractivity contribution in [2.24, 2.45) is 0 Å². The summed E-state index contributed by atoms with van der Waals surface area (Å²) < 4.78 is 16.8. The van der Waals surface area contributed by atoms with Gasteiger partial charge in [-0.15, -0.1) is 0 Å². The highest BCUT2D eigenvalue weighted by atomic mass is 32.2. The van der Waals surface area contributed by atoms with Crippen molar-refractivity contribution in [3.05, 3.63) is 108 Å². The second-order valence-corrected chi connectivity index (χ2v) is 10.7. The molecule has 0 aromatic heterocycles. The lowest BCUT2D eigenvalue weighted by atomic mass is 10.0. The molecule has 0 heterocycles. The number of hydrogen-bond donors (Lipinski definition) is 3.